The highest BCUT2D eigenvalue weighted by molar-refractivity contribution is 8.00. The van der Waals surface area contributed by atoms with Gasteiger partial charge >= 0.3 is 0 Å². The molecule has 2 unspecified atom stereocenters. The zero-order valence-electron chi connectivity index (χ0n) is 9.16. The molecule has 2 nitrogen and oxygen atoms in total. The van der Waals surface area contributed by atoms with E-state index in [1.807, 2.05) is 18.2 Å². The van der Waals surface area contributed by atoms with Crippen molar-refractivity contribution in [2.45, 2.75) is 41.9 Å². The SMILES string of the molecule is Nc1ccc(Cl)cc1SC1CCCCC1N. The molecule has 1 saturated carbocycles. The van der Waals surface area contributed by atoms with Crippen LogP contribution in [0.1, 0.15) is 25.7 Å². The Morgan fingerprint density at radius 1 is 1.25 bits per heavy atom. The van der Waals surface area contributed by atoms with Crippen molar-refractivity contribution in [2.75, 3.05) is 5.73 Å². The van der Waals surface area contributed by atoms with E-state index in [2.05, 4.69) is 0 Å². The fourth-order valence-electron chi connectivity index (χ4n) is 2.05. The van der Waals surface area contributed by atoms with Crippen LogP contribution in [0.15, 0.2) is 23.1 Å². The zero-order valence-corrected chi connectivity index (χ0v) is 10.7. The Kier molecular flexibility index (Phi) is 4.00. The lowest BCUT2D eigenvalue weighted by molar-refractivity contribution is 0.453. The molecule has 1 aliphatic rings. The Hall–Kier alpha value is -0.380. The predicted molar refractivity (Wildman–Crippen MR) is 72.0 cm³/mol. The van der Waals surface area contributed by atoms with Crippen molar-refractivity contribution < 1.29 is 0 Å². The van der Waals surface area contributed by atoms with Gasteiger partial charge in [0.2, 0.25) is 0 Å². The second-order valence-electron chi connectivity index (χ2n) is 4.29. The third kappa shape index (κ3) is 2.84. The first-order chi connectivity index (χ1) is 7.66. The molecule has 0 aromatic heterocycles. The van der Waals surface area contributed by atoms with E-state index in [4.69, 9.17) is 23.1 Å². The van der Waals surface area contributed by atoms with E-state index in [1.54, 1.807) is 11.8 Å². The number of nitrogen functional groups attached to an aromatic ring is 1. The van der Waals surface area contributed by atoms with Crippen LogP contribution in [0.5, 0.6) is 0 Å². The molecule has 1 fully saturated rings. The lowest BCUT2D eigenvalue weighted by Gasteiger charge is -2.28. The van der Waals surface area contributed by atoms with E-state index < -0.39 is 0 Å². The van der Waals surface area contributed by atoms with Gasteiger partial charge in [0, 0.05) is 26.9 Å². The Bertz CT molecular complexity index is 370. The van der Waals surface area contributed by atoms with Crippen LogP contribution in [0.3, 0.4) is 0 Å². The number of rotatable bonds is 2. The maximum Gasteiger partial charge on any atom is 0.0453 e. The van der Waals surface area contributed by atoms with Crippen LogP contribution >= 0.6 is 23.4 Å². The molecule has 0 spiro atoms. The summed E-state index contributed by atoms with van der Waals surface area (Å²) in [5.74, 6) is 0. The summed E-state index contributed by atoms with van der Waals surface area (Å²) in [6.45, 7) is 0. The van der Waals surface area contributed by atoms with Gasteiger partial charge in [-0.05, 0) is 31.0 Å². The highest BCUT2D eigenvalue weighted by atomic mass is 35.5. The number of halogens is 1. The van der Waals surface area contributed by atoms with Gasteiger partial charge in [-0.15, -0.1) is 11.8 Å². The van der Waals surface area contributed by atoms with Gasteiger partial charge in [-0.25, -0.2) is 0 Å². The molecular weight excluding hydrogens is 240 g/mol. The van der Waals surface area contributed by atoms with Gasteiger partial charge in [0.15, 0.2) is 0 Å². The smallest absolute Gasteiger partial charge is 0.0453 e. The van der Waals surface area contributed by atoms with Crippen molar-refractivity contribution in [1.29, 1.82) is 0 Å². The van der Waals surface area contributed by atoms with Gasteiger partial charge in [-0.1, -0.05) is 24.4 Å². The predicted octanol–water partition coefficient (Wildman–Crippen LogP) is 3.28. The highest BCUT2D eigenvalue weighted by Gasteiger charge is 2.23. The molecule has 1 aliphatic carbocycles. The molecule has 0 aliphatic heterocycles. The normalized spacial score (nSPS) is 25.6. The Morgan fingerprint density at radius 3 is 2.75 bits per heavy atom. The highest BCUT2D eigenvalue weighted by Crippen LogP contribution is 2.36. The van der Waals surface area contributed by atoms with Gasteiger partial charge in [0.1, 0.15) is 0 Å². The molecule has 0 amide bonds. The number of hydrogen-bond donors (Lipinski definition) is 2. The Labute approximate surface area is 106 Å². The average molecular weight is 257 g/mol. The maximum absolute atomic E-state index is 6.12. The summed E-state index contributed by atoms with van der Waals surface area (Å²) >= 11 is 7.75. The molecule has 2 atom stereocenters. The molecule has 0 heterocycles. The third-order valence-electron chi connectivity index (χ3n) is 3.01. The van der Waals surface area contributed by atoms with E-state index in [1.165, 1.54) is 19.3 Å². The summed E-state index contributed by atoms with van der Waals surface area (Å²) in [7, 11) is 0. The summed E-state index contributed by atoms with van der Waals surface area (Å²) in [6.07, 6.45) is 4.82. The molecule has 0 bridgehead atoms. The van der Waals surface area contributed by atoms with E-state index in [9.17, 15) is 0 Å². The van der Waals surface area contributed by atoms with Crippen LogP contribution in [0.2, 0.25) is 5.02 Å². The minimum absolute atomic E-state index is 0.289. The monoisotopic (exact) mass is 256 g/mol. The third-order valence-corrected chi connectivity index (χ3v) is 4.74. The van der Waals surface area contributed by atoms with Gasteiger partial charge in [-0.2, -0.15) is 0 Å². The van der Waals surface area contributed by atoms with Gasteiger partial charge in [0.05, 0.1) is 0 Å². The van der Waals surface area contributed by atoms with Crippen molar-refractivity contribution in [3.05, 3.63) is 23.2 Å². The first-order valence-electron chi connectivity index (χ1n) is 5.64. The average Bonchev–Trinajstić information content (AvgIpc) is 2.27. The standard InChI is InChI=1S/C12H17ClN2S/c13-8-5-6-10(15)12(7-8)16-11-4-2-1-3-9(11)14/h5-7,9,11H,1-4,14-15H2. The van der Waals surface area contributed by atoms with E-state index in [0.717, 1.165) is 22.0 Å². The van der Waals surface area contributed by atoms with Gasteiger partial charge in [-0.3, -0.25) is 0 Å². The van der Waals surface area contributed by atoms with Crippen LogP contribution in [0.4, 0.5) is 5.69 Å². The number of anilines is 1. The molecular formula is C12H17ClN2S. The Morgan fingerprint density at radius 2 is 2.00 bits per heavy atom. The molecule has 1 aromatic carbocycles. The lowest BCUT2D eigenvalue weighted by atomic mass is 9.96. The maximum atomic E-state index is 6.12. The van der Waals surface area contributed by atoms with Crippen LogP contribution in [0, 0.1) is 0 Å². The van der Waals surface area contributed by atoms with Gasteiger partial charge < -0.3 is 11.5 Å². The van der Waals surface area contributed by atoms with Crippen molar-refractivity contribution in [1.82, 2.24) is 0 Å². The summed E-state index contributed by atoms with van der Waals surface area (Å²) in [4.78, 5) is 1.06. The topological polar surface area (TPSA) is 52.0 Å². The summed E-state index contributed by atoms with van der Waals surface area (Å²) in [5, 5.41) is 1.22. The Balaban J connectivity index is 2.10. The zero-order chi connectivity index (χ0) is 11.5. The van der Waals surface area contributed by atoms with Crippen molar-refractivity contribution in [3.8, 4) is 0 Å². The number of nitrogens with two attached hydrogens (primary N) is 2. The minimum Gasteiger partial charge on any atom is -0.398 e. The molecule has 16 heavy (non-hydrogen) atoms. The summed E-state index contributed by atoms with van der Waals surface area (Å²) < 4.78 is 0. The first-order valence-corrected chi connectivity index (χ1v) is 6.90. The second kappa shape index (κ2) is 5.30. The molecule has 88 valence electrons. The molecule has 0 radical (unpaired) electrons. The van der Waals surface area contributed by atoms with Crippen LogP contribution in [-0.4, -0.2) is 11.3 Å². The fraction of sp³-hybridized carbons (Fsp3) is 0.500. The van der Waals surface area contributed by atoms with Crippen molar-refractivity contribution in [2.24, 2.45) is 5.73 Å². The van der Waals surface area contributed by atoms with Crippen LogP contribution < -0.4 is 11.5 Å². The van der Waals surface area contributed by atoms with E-state index >= 15 is 0 Å². The van der Waals surface area contributed by atoms with E-state index in [-0.39, 0.29) is 6.04 Å². The molecule has 1 aromatic rings. The minimum atomic E-state index is 0.289. The second-order valence-corrected chi connectivity index (χ2v) is 6.00. The van der Waals surface area contributed by atoms with Crippen molar-refractivity contribution >= 4 is 29.1 Å². The van der Waals surface area contributed by atoms with E-state index in [0.29, 0.717) is 5.25 Å². The fourth-order valence-corrected chi connectivity index (χ4v) is 3.60. The van der Waals surface area contributed by atoms with Crippen LogP contribution in [-0.2, 0) is 0 Å². The molecule has 4 N–H and O–H groups in total. The molecule has 4 heteroatoms. The number of benzene rings is 1. The molecule has 2 rings (SSSR count). The number of hydrogen-bond acceptors (Lipinski definition) is 3. The van der Waals surface area contributed by atoms with Crippen LogP contribution in [0.25, 0.3) is 0 Å². The summed E-state index contributed by atoms with van der Waals surface area (Å²) in [5.41, 5.74) is 12.9. The molecule has 0 saturated heterocycles. The quantitative estimate of drug-likeness (QED) is 0.799. The van der Waals surface area contributed by atoms with Gasteiger partial charge in [0.25, 0.3) is 0 Å². The summed E-state index contributed by atoms with van der Waals surface area (Å²) in [6, 6.07) is 5.90. The first kappa shape index (κ1) is 12.1. The largest absolute Gasteiger partial charge is 0.398 e. The van der Waals surface area contributed by atoms with Crippen molar-refractivity contribution in [3.63, 3.8) is 0 Å². The number of thioether (sulfide) groups is 1. The lowest BCUT2D eigenvalue weighted by Crippen LogP contribution is -2.35.